The third-order valence-corrected chi connectivity index (χ3v) is 1.96. The van der Waals surface area contributed by atoms with Crippen molar-refractivity contribution in [3.63, 3.8) is 0 Å². The molecule has 4 heteroatoms. The van der Waals surface area contributed by atoms with E-state index in [9.17, 15) is 0 Å². The molecule has 0 saturated heterocycles. The second-order valence-electron chi connectivity index (χ2n) is 3.57. The minimum atomic E-state index is 0.584. The molecule has 126 valence electrons. The molecule has 0 aromatic heterocycles. The molecule has 21 heavy (non-hydrogen) atoms. The Hall–Kier alpha value is -1.10. The maximum Gasteiger partial charge on any atom is 0.111 e. The summed E-state index contributed by atoms with van der Waals surface area (Å²) in [6.07, 6.45) is 9.04. The van der Waals surface area contributed by atoms with Crippen LogP contribution in [0.4, 0.5) is 0 Å². The topological polar surface area (TPSA) is 42.5 Å². The molecule has 0 aromatic rings. The SMILES string of the molecule is C/C=C\C.C=C/C=C/OCCOCCNCCNC.CC. The van der Waals surface area contributed by atoms with Crippen LogP contribution in [0.25, 0.3) is 0 Å². The van der Waals surface area contributed by atoms with Gasteiger partial charge in [0, 0.05) is 19.6 Å². The highest BCUT2D eigenvalue weighted by Crippen LogP contribution is 1.80. The van der Waals surface area contributed by atoms with E-state index in [1.165, 1.54) is 0 Å². The predicted octanol–water partition coefficient (Wildman–Crippen LogP) is 3.14. The number of hydrogen-bond acceptors (Lipinski definition) is 4. The van der Waals surface area contributed by atoms with Crippen LogP contribution in [0.5, 0.6) is 0 Å². The van der Waals surface area contributed by atoms with Gasteiger partial charge >= 0.3 is 0 Å². The lowest BCUT2D eigenvalue weighted by atomic mass is 10.6. The lowest BCUT2D eigenvalue weighted by Gasteiger charge is -2.05. The van der Waals surface area contributed by atoms with Crippen LogP contribution in [0.3, 0.4) is 0 Å². The molecular formula is C17H36N2O2. The monoisotopic (exact) mass is 300 g/mol. The molecule has 0 radical (unpaired) electrons. The summed E-state index contributed by atoms with van der Waals surface area (Å²) < 4.78 is 10.4. The molecule has 0 saturated carbocycles. The molecule has 0 aromatic carbocycles. The van der Waals surface area contributed by atoms with Crippen molar-refractivity contribution in [3.05, 3.63) is 37.1 Å². The normalized spacial score (nSPS) is 9.76. The summed E-state index contributed by atoms with van der Waals surface area (Å²) in [5.74, 6) is 0. The van der Waals surface area contributed by atoms with Crippen LogP contribution in [0.1, 0.15) is 27.7 Å². The zero-order chi connectivity index (χ0) is 16.6. The number of rotatable bonds is 11. The number of allylic oxidation sites excluding steroid dienone is 4. The first-order chi connectivity index (χ1) is 10.3. The van der Waals surface area contributed by atoms with E-state index in [0.29, 0.717) is 13.2 Å². The zero-order valence-electron chi connectivity index (χ0n) is 14.7. The van der Waals surface area contributed by atoms with Gasteiger partial charge in [0.25, 0.3) is 0 Å². The van der Waals surface area contributed by atoms with Crippen LogP contribution in [-0.4, -0.2) is 46.5 Å². The van der Waals surface area contributed by atoms with Crippen LogP contribution in [-0.2, 0) is 9.47 Å². The Balaban J connectivity index is -0.000000461. The third-order valence-electron chi connectivity index (χ3n) is 1.96. The number of ether oxygens (including phenoxy) is 2. The number of hydrogen-bond donors (Lipinski definition) is 2. The predicted molar refractivity (Wildman–Crippen MR) is 94.7 cm³/mol. The van der Waals surface area contributed by atoms with Gasteiger partial charge in [-0.2, -0.15) is 0 Å². The Bertz CT molecular complexity index is 213. The van der Waals surface area contributed by atoms with Crippen LogP contribution in [0, 0.1) is 0 Å². The van der Waals surface area contributed by atoms with Gasteiger partial charge in [0.15, 0.2) is 0 Å². The molecule has 0 aliphatic carbocycles. The number of likely N-dealkylation sites (N-methyl/N-ethyl adjacent to an activating group) is 1. The molecular weight excluding hydrogens is 264 g/mol. The van der Waals surface area contributed by atoms with Gasteiger partial charge in [-0.15, -0.1) is 0 Å². The van der Waals surface area contributed by atoms with Crippen LogP contribution in [0.2, 0.25) is 0 Å². The summed E-state index contributed by atoms with van der Waals surface area (Å²) in [5, 5.41) is 6.30. The number of nitrogens with one attached hydrogen (secondary N) is 2. The maximum atomic E-state index is 5.33. The first kappa shape index (κ1) is 24.9. The maximum absolute atomic E-state index is 5.33. The van der Waals surface area contributed by atoms with E-state index in [0.717, 1.165) is 26.2 Å². The van der Waals surface area contributed by atoms with Crippen molar-refractivity contribution in [1.29, 1.82) is 0 Å². The van der Waals surface area contributed by atoms with Crippen LogP contribution >= 0.6 is 0 Å². The molecule has 0 fully saturated rings. The van der Waals surface area contributed by atoms with Crippen LogP contribution in [0.15, 0.2) is 37.1 Å². The van der Waals surface area contributed by atoms with Crippen LogP contribution < -0.4 is 10.6 Å². The van der Waals surface area contributed by atoms with E-state index < -0.39 is 0 Å². The van der Waals surface area contributed by atoms with E-state index in [4.69, 9.17) is 9.47 Å². The highest BCUT2D eigenvalue weighted by molar-refractivity contribution is 4.92. The van der Waals surface area contributed by atoms with Gasteiger partial charge in [0.2, 0.25) is 0 Å². The first-order valence-electron chi connectivity index (χ1n) is 7.73. The average Bonchev–Trinajstić information content (AvgIpc) is 2.55. The smallest absolute Gasteiger partial charge is 0.111 e. The molecule has 0 aliphatic heterocycles. The molecule has 0 atom stereocenters. The average molecular weight is 300 g/mol. The Morgan fingerprint density at radius 2 is 1.62 bits per heavy atom. The van der Waals surface area contributed by atoms with Crippen molar-refractivity contribution in [2.75, 3.05) is 46.5 Å². The molecule has 0 aliphatic rings. The lowest BCUT2D eigenvalue weighted by molar-refractivity contribution is 0.0865. The van der Waals surface area contributed by atoms with Gasteiger partial charge in [-0.3, -0.25) is 0 Å². The fraction of sp³-hybridized carbons (Fsp3) is 0.647. The summed E-state index contributed by atoms with van der Waals surface area (Å²) in [5.41, 5.74) is 0. The second-order valence-corrected chi connectivity index (χ2v) is 3.57. The van der Waals surface area contributed by atoms with Gasteiger partial charge in [-0.1, -0.05) is 38.7 Å². The summed E-state index contributed by atoms with van der Waals surface area (Å²) >= 11 is 0. The Kier molecular flexibility index (Phi) is 37.1. The van der Waals surface area contributed by atoms with E-state index in [2.05, 4.69) is 17.2 Å². The molecule has 0 heterocycles. The second kappa shape index (κ2) is 31.3. The van der Waals surface area contributed by atoms with Gasteiger partial charge in [0.1, 0.15) is 6.61 Å². The zero-order valence-corrected chi connectivity index (χ0v) is 14.7. The van der Waals surface area contributed by atoms with E-state index in [1.54, 1.807) is 18.4 Å². The van der Waals surface area contributed by atoms with Gasteiger partial charge < -0.3 is 20.1 Å². The highest BCUT2D eigenvalue weighted by Gasteiger charge is 1.88. The molecule has 0 bridgehead atoms. The van der Waals surface area contributed by atoms with Gasteiger partial charge in [-0.05, 0) is 27.0 Å². The minimum absolute atomic E-state index is 0.584. The van der Waals surface area contributed by atoms with Crippen molar-refractivity contribution in [2.24, 2.45) is 0 Å². The summed E-state index contributed by atoms with van der Waals surface area (Å²) in [6, 6.07) is 0. The Morgan fingerprint density at radius 1 is 0.952 bits per heavy atom. The van der Waals surface area contributed by atoms with Gasteiger partial charge in [-0.25, -0.2) is 0 Å². The van der Waals surface area contributed by atoms with E-state index in [1.807, 2.05) is 46.9 Å². The molecule has 0 unspecified atom stereocenters. The van der Waals surface area contributed by atoms with Crippen molar-refractivity contribution >= 4 is 0 Å². The molecule has 0 spiro atoms. The Labute approximate surface area is 132 Å². The van der Waals surface area contributed by atoms with Crippen molar-refractivity contribution in [1.82, 2.24) is 10.6 Å². The lowest BCUT2D eigenvalue weighted by Crippen LogP contribution is -2.28. The highest BCUT2D eigenvalue weighted by atomic mass is 16.5. The standard InChI is InChI=1S/C11H22N2O2.C4H8.C2H6/c1-3-4-8-14-10-11-15-9-7-13-6-5-12-2;1-3-4-2;1-2/h3-4,8,12-13H,1,5-7,9-11H2,2H3;3-4H,1-2H3;1-2H3/b8-4+;4-3-;. The van der Waals surface area contributed by atoms with E-state index >= 15 is 0 Å². The summed E-state index contributed by atoms with van der Waals surface area (Å²) in [7, 11) is 1.94. The van der Waals surface area contributed by atoms with Crippen molar-refractivity contribution in [2.45, 2.75) is 27.7 Å². The molecule has 2 N–H and O–H groups in total. The van der Waals surface area contributed by atoms with Crippen molar-refractivity contribution in [3.8, 4) is 0 Å². The fourth-order valence-electron chi connectivity index (χ4n) is 0.871. The largest absolute Gasteiger partial charge is 0.499 e. The molecule has 4 nitrogen and oxygen atoms in total. The first-order valence-corrected chi connectivity index (χ1v) is 7.73. The minimum Gasteiger partial charge on any atom is -0.499 e. The van der Waals surface area contributed by atoms with Crippen molar-refractivity contribution < 1.29 is 9.47 Å². The van der Waals surface area contributed by atoms with Gasteiger partial charge in [0.05, 0.1) is 19.5 Å². The summed E-state index contributed by atoms with van der Waals surface area (Å²) in [6.45, 7) is 16.3. The quantitative estimate of drug-likeness (QED) is 0.266. The molecule has 0 rings (SSSR count). The Morgan fingerprint density at radius 3 is 2.14 bits per heavy atom. The molecule has 0 amide bonds. The summed E-state index contributed by atoms with van der Waals surface area (Å²) in [4.78, 5) is 0. The van der Waals surface area contributed by atoms with E-state index in [-0.39, 0.29) is 0 Å². The third kappa shape index (κ3) is 38.1. The fourth-order valence-corrected chi connectivity index (χ4v) is 0.871.